The van der Waals surface area contributed by atoms with Gasteiger partial charge in [-0.15, -0.1) is 0 Å². The van der Waals surface area contributed by atoms with E-state index in [1.165, 1.54) is 5.39 Å². The third-order valence-electron chi connectivity index (χ3n) is 2.79. The molecule has 0 aliphatic carbocycles. The molecule has 0 bridgehead atoms. The van der Waals surface area contributed by atoms with Crippen molar-refractivity contribution in [1.29, 1.82) is 5.26 Å². The number of rotatable bonds is 1. The molecule has 0 N–H and O–H groups in total. The average Bonchev–Trinajstić information content (AvgIpc) is 2.70. The van der Waals surface area contributed by atoms with Gasteiger partial charge in [0, 0.05) is 10.9 Å². The normalized spacial score (nSPS) is 10.7. The molecule has 0 unspecified atom stereocenters. The molecule has 76 valence electrons. The first-order chi connectivity index (χ1) is 7.88. The summed E-state index contributed by atoms with van der Waals surface area (Å²) in [5.41, 5.74) is 1.81. The van der Waals surface area contributed by atoms with Gasteiger partial charge in [0.25, 0.3) is 0 Å². The number of furan rings is 1. The first kappa shape index (κ1) is 8.99. The summed E-state index contributed by atoms with van der Waals surface area (Å²) in [5.74, 6) is 0. The fraction of sp³-hybridized carbons (Fsp3) is 0.0714. The topological polar surface area (TPSA) is 36.9 Å². The van der Waals surface area contributed by atoms with Crippen LogP contribution in [0.2, 0.25) is 0 Å². The molecule has 1 heterocycles. The molecule has 0 amide bonds. The smallest absolute Gasteiger partial charge is 0.134 e. The second-order valence-corrected chi connectivity index (χ2v) is 3.79. The molecule has 2 heteroatoms. The van der Waals surface area contributed by atoms with Crippen molar-refractivity contribution in [3.8, 4) is 6.07 Å². The van der Waals surface area contributed by atoms with E-state index in [1.54, 1.807) is 6.26 Å². The molecule has 0 radical (unpaired) electrons. The maximum atomic E-state index is 8.72. The van der Waals surface area contributed by atoms with Crippen molar-refractivity contribution in [2.24, 2.45) is 0 Å². The van der Waals surface area contributed by atoms with E-state index in [0.29, 0.717) is 6.42 Å². The molecule has 1 aromatic heterocycles. The molecule has 3 rings (SSSR count). The summed E-state index contributed by atoms with van der Waals surface area (Å²) in [6.07, 6.45) is 2.07. The molecule has 0 aliphatic rings. The minimum absolute atomic E-state index is 0.394. The largest absolute Gasteiger partial charge is 0.464 e. The lowest BCUT2D eigenvalue weighted by Crippen LogP contribution is -1.78. The Bertz CT molecular complexity index is 703. The van der Waals surface area contributed by atoms with Crippen molar-refractivity contribution < 1.29 is 4.42 Å². The Balaban J connectivity index is 2.37. The Labute approximate surface area is 92.7 Å². The zero-order valence-electron chi connectivity index (χ0n) is 8.60. The van der Waals surface area contributed by atoms with Crippen LogP contribution < -0.4 is 0 Å². The maximum Gasteiger partial charge on any atom is 0.134 e. The molecule has 2 nitrogen and oxygen atoms in total. The molecular formula is C14H9NO. The average molecular weight is 207 g/mol. The van der Waals surface area contributed by atoms with Crippen LogP contribution in [-0.4, -0.2) is 0 Å². The lowest BCUT2D eigenvalue weighted by Gasteiger charge is -1.97. The number of hydrogen-bond donors (Lipinski definition) is 0. The third kappa shape index (κ3) is 1.26. The molecule has 3 aromatic rings. The molecule has 0 aliphatic heterocycles. The number of hydrogen-bond acceptors (Lipinski definition) is 2. The summed E-state index contributed by atoms with van der Waals surface area (Å²) in [5, 5.41) is 12.1. The number of nitriles is 1. The first-order valence-corrected chi connectivity index (χ1v) is 5.14. The second kappa shape index (κ2) is 3.39. The predicted molar refractivity (Wildman–Crippen MR) is 63.0 cm³/mol. The zero-order chi connectivity index (χ0) is 11.0. The Morgan fingerprint density at radius 1 is 1.12 bits per heavy atom. The van der Waals surface area contributed by atoms with Crippen LogP contribution in [0.25, 0.3) is 21.7 Å². The van der Waals surface area contributed by atoms with Crippen LogP contribution in [-0.2, 0) is 6.42 Å². The fourth-order valence-electron chi connectivity index (χ4n) is 1.99. The van der Waals surface area contributed by atoms with E-state index in [4.69, 9.17) is 9.68 Å². The highest BCUT2D eigenvalue weighted by molar-refractivity contribution is 5.97. The van der Waals surface area contributed by atoms with E-state index in [-0.39, 0.29) is 0 Å². The molecule has 0 fully saturated rings. The van der Waals surface area contributed by atoms with Gasteiger partial charge < -0.3 is 4.42 Å². The minimum atomic E-state index is 0.394. The highest BCUT2D eigenvalue weighted by atomic mass is 16.3. The molecule has 0 atom stereocenters. The van der Waals surface area contributed by atoms with Gasteiger partial charge in [-0.05, 0) is 22.9 Å². The van der Waals surface area contributed by atoms with Crippen LogP contribution in [0.4, 0.5) is 0 Å². The zero-order valence-corrected chi connectivity index (χ0v) is 8.60. The van der Waals surface area contributed by atoms with Gasteiger partial charge in [-0.25, -0.2) is 0 Å². The van der Waals surface area contributed by atoms with Crippen LogP contribution >= 0.6 is 0 Å². The summed E-state index contributed by atoms with van der Waals surface area (Å²) < 4.78 is 5.46. The first-order valence-electron chi connectivity index (χ1n) is 5.14. The minimum Gasteiger partial charge on any atom is -0.464 e. The van der Waals surface area contributed by atoms with E-state index < -0.39 is 0 Å². The molecule has 16 heavy (non-hydrogen) atoms. The Hall–Kier alpha value is -2.27. The van der Waals surface area contributed by atoms with Gasteiger partial charge in [-0.2, -0.15) is 5.26 Å². The molecule has 0 spiro atoms. The van der Waals surface area contributed by atoms with Gasteiger partial charge >= 0.3 is 0 Å². The maximum absolute atomic E-state index is 8.72. The molecule has 0 saturated carbocycles. The van der Waals surface area contributed by atoms with Crippen molar-refractivity contribution in [3.05, 3.63) is 48.2 Å². The van der Waals surface area contributed by atoms with Crippen molar-refractivity contribution >= 4 is 21.7 Å². The van der Waals surface area contributed by atoms with Crippen LogP contribution in [0, 0.1) is 11.3 Å². The van der Waals surface area contributed by atoms with Gasteiger partial charge in [-0.3, -0.25) is 0 Å². The van der Waals surface area contributed by atoms with Gasteiger partial charge in [0.15, 0.2) is 0 Å². The van der Waals surface area contributed by atoms with Crippen molar-refractivity contribution in [2.75, 3.05) is 0 Å². The summed E-state index contributed by atoms with van der Waals surface area (Å²) in [6.45, 7) is 0. The molecule has 0 saturated heterocycles. The van der Waals surface area contributed by atoms with Crippen molar-refractivity contribution in [2.45, 2.75) is 6.42 Å². The summed E-state index contributed by atoms with van der Waals surface area (Å²) in [7, 11) is 0. The van der Waals surface area contributed by atoms with Gasteiger partial charge in [0.05, 0.1) is 18.8 Å². The van der Waals surface area contributed by atoms with E-state index in [2.05, 4.69) is 24.3 Å². The van der Waals surface area contributed by atoms with Crippen LogP contribution in [0.1, 0.15) is 5.56 Å². The highest BCUT2D eigenvalue weighted by Crippen LogP contribution is 2.27. The monoisotopic (exact) mass is 207 g/mol. The van der Waals surface area contributed by atoms with E-state index in [9.17, 15) is 0 Å². The Kier molecular flexibility index (Phi) is 1.91. The Morgan fingerprint density at radius 3 is 2.62 bits per heavy atom. The fourth-order valence-corrected chi connectivity index (χ4v) is 1.99. The van der Waals surface area contributed by atoms with Gasteiger partial charge in [0.1, 0.15) is 5.58 Å². The third-order valence-corrected chi connectivity index (χ3v) is 2.79. The van der Waals surface area contributed by atoms with Crippen LogP contribution in [0.3, 0.4) is 0 Å². The number of fused-ring (bicyclic) bond motifs is 2. The lowest BCUT2D eigenvalue weighted by molar-refractivity contribution is 0.612. The van der Waals surface area contributed by atoms with Crippen molar-refractivity contribution in [3.63, 3.8) is 0 Å². The summed E-state index contributed by atoms with van der Waals surface area (Å²) in [6, 6.07) is 14.4. The number of nitrogens with zero attached hydrogens (tertiary/aromatic N) is 1. The van der Waals surface area contributed by atoms with E-state index in [1.807, 2.05) is 18.2 Å². The van der Waals surface area contributed by atoms with Gasteiger partial charge in [-0.1, -0.05) is 24.3 Å². The second-order valence-electron chi connectivity index (χ2n) is 3.79. The lowest BCUT2D eigenvalue weighted by atomic mass is 10.1. The van der Waals surface area contributed by atoms with E-state index in [0.717, 1.165) is 21.9 Å². The SMILES string of the molecule is N#CCc1coc2cc3ccccc3cc12. The molecular weight excluding hydrogens is 198 g/mol. The number of benzene rings is 2. The van der Waals surface area contributed by atoms with Crippen LogP contribution in [0.5, 0.6) is 0 Å². The summed E-state index contributed by atoms with van der Waals surface area (Å²) >= 11 is 0. The quantitative estimate of drug-likeness (QED) is 0.610. The van der Waals surface area contributed by atoms with Crippen LogP contribution in [0.15, 0.2) is 47.1 Å². The van der Waals surface area contributed by atoms with Gasteiger partial charge in [0.2, 0.25) is 0 Å². The standard InChI is InChI=1S/C14H9NO/c15-6-5-12-9-16-14-8-11-4-2-1-3-10(11)7-13(12)14/h1-4,7-9H,5H2. The predicted octanol–water partition coefficient (Wildman–Crippen LogP) is 3.65. The summed E-state index contributed by atoms with van der Waals surface area (Å²) in [4.78, 5) is 0. The molecule has 2 aromatic carbocycles. The highest BCUT2D eigenvalue weighted by Gasteiger charge is 2.06. The van der Waals surface area contributed by atoms with Crippen molar-refractivity contribution in [1.82, 2.24) is 0 Å². The Morgan fingerprint density at radius 2 is 1.88 bits per heavy atom. The van der Waals surface area contributed by atoms with E-state index >= 15 is 0 Å².